The van der Waals surface area contributed by atoms with Crippen LogP contribution in [0.25, 0.3) is 16.3 Å². The first-order chi connectivity index (χ1) is 14.7. The topological polar surface area (TPSA) is 49.4 Å². The molecule has 4 nitrogen and oxygen atoms in total. The van der Waals surface area contributed by atoms with Crippen LogP contribution in [0.1, 0.15) is 5.56 Å². The zero-order chi connectivity index (χ0) is 20.5. The van der Waals surface area contributed by atoms with E-state index < -0.39 is 0 Å². The van der Waals surface area contributed by atoms with E-state index in [1.807, 2.05) is 91.0 Å². The second kappa shape index (κ2) is 7.33. The van der Waals surface area contributed by atoms with Crippen molar-refractivity contribution < 1.29 is 9.59 Å². The van der Waals surface area contributed by atoms with Gasteiger partial charge in [-0.1, -0.05) is 84.9 Å². The number of nitrogens with zero attached hydrogens (tertiary/aromatic N) is 1. The average molecular weight is 390 g/mol. The lowest BCUT2D eigenvalue weighted by Crippen LogP contribution is -2.32. The molecular formula is C26H18N2O2. The highest BCUT2D eigenvalue weighted by molar-refractivity contribution is 6.46. The van der Waals surface area contributed by atoms with Gasteiger partial charge in [-0.2, -0.15) is 0 Å². The van der Waals surface area contributed by atoms with E-state index in [0.717, 1.165) is 16.5 Å². The number of para-hydroxylation sites is 1. The second-order valence-electron chi connectivity index (χ2n) is 7.05. The zero-order valence-corrected chi connectivity index (χ0v) is 16.1. The Morgan fingerprint density at radius 1 is 0.600 bits per heavy atom. The molecule has 0 unspecified atom stereocenters. The van der Waals surface area contributed by atoms with Crippen molar-refractivity contribution in [1.29, 1.82) is 0 Å². The molecule has 0 radical (unpaired) electrons. The van der Waals surface area contributed by atoms with Crippen LogP contribution >= 0.6 is 0 Å². The molecule has 0 saturated carbocycles. The molecule has 1 heterocycles. The standard InChI is InChI=1S/C26H18N2O2/c29-25-23(19-11-3-1-4-12-19)24(26(30)28(25)20-14-5-2-6-15-20)27-22-17-9-13-18-10-7-8-16-21(18)22/h1-17,27H. The quantitative estimate of drug-likeness (QED) is 0.485. The number of carbonyl (C=O) groups is 2. The minimum Gasteiger partial charge on any atom is -0.350 e. The fourth-order valence-electron chi connectivity index (χ4n) is 3.80. The Labute approximate surface area is 174 Å². The number of amides is 2. The molecule has 0 aromatic heterocycles. The van der Waals surface area contributed by atoms with Crippen LogP contribution in [-0.4, -0.2) is 11.8 Å². The molecule has 1 N–H and O–H groups in total. The lowest BCUT2D eigenvalue weighted by Gasteiger charge is -2.15. The number of carbonyl (C=O) groups excluding carboxylic acids is 2. The highest BCUT2D eigenvalue weighted by Gasteiger charge is 2.40. The van der Waals surface area contributed by atoms with Crippen molar-refractivity contribution in [2.45, 2.75) is 0 Å². The highest BCUT2D eigenvalue weighted by Crippen LogP contribution is 2.35. The van der Waals surface area contributed by atoms with Gasteiger partial charge in [-0.25, -0.2) is 4.90 Å². The number of rotatable bonds is 4. The third-order valence-corrected chi connectivity index (χ3v) is 5.21. The number of anilines is 2. The average Bonchev–Trinajstić information content (AvgIpc) is 3.04. The fraction of sp³-hybridized carbons (Fsp3) is 0. The van der Waals surface area contributed by atoms with E-state index in [1.54, 1.807) is 12.1 Å². The molecule has 1 aliphatic rings. The number of benzene rings is 4. The van der Waals surface area contributed by atoms with Gasteiger partial charge in [-0.05, 0) is 29.1 Å². The Balaban J connectivity index is 1.66. The summed E-state index contributed by atoms with van der Waals surface area (Å²) in [5, 5.41) is 5.32. The van der Waals surface area contributed by atoms with E-state index in [-0.39, 0.29) is 17.5 Å². The van der Waals surface area contributed by atoms with Gasteiger partial charge in [0.1, 0.15) is 5.70 Å². The minimum absolute atomic E-state index is 0.284. The Kier molecular flexibility index (Phi) is 4.37. The molecule has 144 valence electrons. The maximum absolute atomic E-state index is 13.4. The Hall–Kier alpha value is -4.18. The van der Waals surface area contributed by atoms with Gasteiger partial charge in [0.15, 0.2) is 0 Å². The van der Waals surface area contributed by atoms with E-state index in [0.29, 0.717) is 16.8 Å². The van der Waals surface area contributed by atoms with Gasteiger partial charge in [0.25, 0.3) is 11.8 Å². The van der Waals surface area contributed by atoms with Gasteiger partial charge < -0.3 is 5.32 Å². The molecule has 0 fully saturated rings. The normalized spacial score (nSPS) is 13.9. The van der Waals surface area contributed by atoms with Crippen molar-refractivity contribution >= 4 is 39.5 Å². The summed E-state index contributed by atoms with van der Waals surface area (Å²) >= 11 is 0. The first-order valence-electron chi connectivity index (χ1n) is 9.72. The van der Waals surface area contributed by atoms with E-state index in [2.05, 4.69) is 5.32 Å². The maximum atomic E-state index is 13.4. The van der Waals surface area contributed by atoms with Crippen LogP contribution in [0, 0.1) is 0 Å². The number of fused-ring (bicyclic) bond motifs is 1. The summed E-state index contributed by atoms with van der Waals surface area (Å²) < 4.78 is 0. The van der Waals surface area contributed by atoms with Gasteiger partial charge in [0, 0.05) is 11.1 Å². The van der Waals surface area contributed by atoms with Crippen LogP contribution in [0.2, 0.25) is 0 Å². The van der Waals surface area contributed by atoms with Crippen molar-refractivity contribution in [3.8, 4) is 0 Å². The number of nitrogens with one attached hydrogen (secondary N) is 1. The zero-order valence-electron chi connectivity index (χ0n) is 16.1. The molecule has 0 atom stereocenters. The third kappa shape index (κ3) is 2.95. The van der Waals surface area contributed by atoms with Crippen LogP contribution in [0.4, 0.5) is 11.4 Å². The first-order valence-corrected chi connectivity index (χ1v) is 9.72. The van der Waals surface area contributed by atoms with Crippen molar-refractivity contribution in [1.82, 2.24) is 0 Å². The smallest absolute Gasteiger partial charge is 0.282 e. The summed E-state index contributed by atoms with van der Waals surface area (Å²) in [4.78, 5) is 28.0. The van der Waals surface area contributed by atoms with E-state index in [1.165, 1.54) is 4.90 Å². The lowest BCUT2D eigenvalue weighted by molar-refractivity contribution is -0.120. The summed E-state index contributed by atoms with van der Waals surface area (Å²) in [5.41, 5.74) is 2.70. The van der Waals surface area contributed by atoms with Gasteiger partial charge in [-0.15, -0.1) is 0 Å². The number of imide groups is 1. The molecule has 0 aliphatic carbocycles. The van der Waals surface area contributed by atoms with Crippen LogP contribution in [0.15, 0.2) is 109 Å². The molecular weight excluding hydrogens is 372 g/mol. The van der Waals surface area contributed by atoms with Crippen molar-refractivity contribution in [3.63, 3.8) is 0 Å². The SMILES string of the molecule is O=C1C(Nc2cccc3ccccc23)=C(c2ccccc2)C(=O)N1c1ccccc1. The molecule has 1 aliphatic heterocycles. The van der Waals surface area contributed by atoms with Gasteiger partial charge in [0.2, 0.25) is 0 Å². The van der Waals surface area contributed by atoms with E-state index in [4.69, 9.17) is 0 Å². The van der Waals surface area contributed by atoms with E-state index >= 15 is 0 Å². The Morgan fingerprint density at radius 2 is 1.23 bits per heavy atom. The maximum Gasteiger partial charge on any atom is 0.282 e. The molecule has 2 amide bonds. The first kappa shape index (κ1) is 17.9. The Morgan fingerprint density at radius 3 is 2.00 bits per heavy atom. The highest BCUT2D eigenvalue weighted by atomic mass is 16.2. The lowest BCUT2D eigenvalue weighted by atomic mass is 10.0. The van der Waals surface area contributed by atoms with Gasteiger partial charge in [0.05, 0.1) is 11.3 Å². The van der Waals surface area contributed by atoms with Crippen LogP contribution in [0.3, 0.4) is 0 Å². The van der Waals surface area contributed by atoms with Crippen LogP contribution in [-0.2, 0) is 9.59 Å². The predicted molar refractivity (Wildman–Crippen MR) is 120 cm³/mol. The fourth-order valence-corrected chi connectivity index (χ4v) is 3.80. The van der Waals surface area contributed by atoms with Crippen LogP contribution < -0.4 is 10.2 Å². The molecule has 4 heteroatoms. The molecule has 0 bridgehead atoms. The molecule has 4 aromatic carbocycles. The monoisotopic (exact) mass is 390 g/mol. The summed E-state index contributed by atoms with van der Waals surface area (Å²) in [6, 6.07) is 32.1. The van der Waals surface area contributed by atoms with Gasteiger partial charge in [-0.3, -0.25) is 9.59 Å². The largest absolute Gasteiger partial charge is 0.350 e. The van der Waals surface area contributed by atoms with Crippen molar-refractivity contribution in [2.24, 2.45) is 0 Å². The molecule has 5 rings (SSSR count). The number of hydrogen-bond acceptors (Lipinski definition) is 3. The molecule has 30 heavy (non-hydrogen) atoms. The second-order valence-corrected chi connectivity index (χ2v) is 7.05. The third-order valence-electron chi connectivity index (χ3n) is 5.21. The molecule has 4 aromatic rings. The summed E-state index contributed by atoms with van der Waals surface area (Å²) in [5.74, 6) is -0.696. The minimum atomic E-state index is -0.363. The summed E-state index contributed by atoms with van der Waals surface area (Å²) in [7, 11) is 0. The summed E-state index contributed by atoms with van der Waals surface area (Å²) in [6.07, 6.45) is 0. The Bertz CT molecular complexity index is 1290. The summed E-state index contributed by atoms with van der Waals surface area (Å²) in [6.45, 7) is 0. The van der Waals surface area contributed by atoms with Crippen molar-refractivity contribution in [2.75, 3.05) is 10.2 Å². The molecule has 0 spiro atoms. The van der Waals surface area contributed by atoms with Crippen molar-refractivity contribution in [3.05, 3.63) is 114 Å². The predicted octanol–water partition coefficient (Wildman–Crippen LogP) is 5.24. The van der Waals surface area contributed by atoms with Gasteiger partial charge >= 0.3 is 0 Å². The van der Waals surface area contributed by atoms with Crippen LogP contribution in [0.5, 0.6) is 0 Å². The van der Waals surface area contributed by atoms with E-state index in [9.17, 15) is 9.59 Å². The number of hydrogen-bond donors (Lipinski definition) is 1. The molecule has 0 saturated heterocycles.